The minimum absolute atomic E-state index is 0.0384. The van der Waals surface area contributed by atoms with E-state index in [9.17, 15) is 19.5 Å². The van der Waals surface area contributed by atoms with E-state index in [1.807, 2.05) is 61.5 Å². The van der Waals surface area contributed by atoms with Crippen molar-refractivity contribution < 1.29 is 14.7 Å². The summed E-state index contributed by atoms with van der Waals surface area (Å²) in [6.07, 6.45) is 2.58. The Morgan fingerprint density at radius 1 is 1.00 bits per heavy atom. The molecule has 11 heteroatoms. The molecule has 0 bridgehead atoms. The number of imidazole rings is 1. The van der Waals surface area contributed by atoms with E-state index in [4.69, 9.17) is 5.10 Å². The minimum atomic E-state index is -0.527. The van der Waals surface area contributed by atoms with Gasteiger partial charge in [0.15, 0.2) is 0 Å². The third kappa shape index (κ3) is 7.35. The van der Waals surface area contributed by atoms with Gasteiger partial charge in [-0.1, -0.05) is 50.6 Å². The van der Waals surface area contributed by atoms with Gasteiger partial charge in [-0.15, -0.1) is 0 Å². The molecule has 4 aromatic rings. The number of rotatable bonds is 7. The maximum absolute atomic E-state index is 13.0. The number of urea groups is 1. The maximum atomic E-state index is 13.0. The van der Waals surface area contributed by atoms with Gasteiger partial charge in [0.05, 0.1) is 23.5 Å². The number of carbonyl (C=O) groups excluding carboxylic acids is 2. The molecule has 43 heavy (non-hydrogen) atoms. The number of aromatic hydroxyl groups is 1. The van der Waals surface area contributed by atoms with Crippen molar-refractivity contribution in [3.63, 3.8) is 0 Å². The van der Waals surface area contributed by atoms with E-state index in [0.29, 0.717) is 30.5 Å². The van der Waals surface area contributed by atoms with Gasteiger partial charge >= 0.3 is 11.7 Å². The summed E-state index contributed by atoms with van der Waals surface area (Å²) in [6.45, 7) is 9.56. The van der Waals surface area contributed by atoms with Crippen LogP contribution >= 0.6 is 0 Å². The highest BCUT2D eigenvalue weighted by atomic mass is 16.3. The standard InChI is InChI=1S/C32H39N7O4/c1-20-5-11-24(12-6-20)39-27(19-26(37-39)32(2,3)4)35-30(42)33-23-9-7-21(8-10-23)17-22-13-15-38(16-14-22)28(40)18-25-29(41)36-31(43)34-25/h5-12,19,22,41H,13-18H2,1-4H3,(H2,33,35,42)(H2,34,36,43). The second-order valence-corrected chi connectivity index (χ2v) is 12.3. The number of H-pyrrole nitrogens is 2. The average Bonchev–Trinajstić information content (AvgIpc) is 3.52. The first-order chi connectivity index (χ1) is 20.4. The summed E-state index contributed by atoms with van der Waals surface area (Å²) in [6, 6.07) is 17.4. The third-order valence-corrected chi connectivity index (χ3v) is 7.81. The number of anilines is 2. The van der Waals surface area contributed by atoms with Crippen LogP contribution in [0.5, 0.6) is 5.88 Å². The lowest BCUT2D eigenvalue weighted by Crippen LogP contribution is -2.39. The van der Waals surface area contributed by atoms with Gasteiger partial charge in [-0.2, -0.15) is 5.10 Å². The SMILES string of the molecule is Cc1ccc(-n2nc(C(C)(C)C)cc2NC(=O)Nc2ccc(CC3CCN(C(=O)Cc4[nH]c(=O)[nH]c4O)CC3)cc2)cc1. The molecule has 0 aliphatic carbocycles. The predicted molar refractivity (Wildman–Crippen MR) is 166 cm³/mol. The van der Waals surface area contributed by atoms with Crippen molar-refractivity contribution in [2.45, 2.75) is 58.8 Å². The molecular weight excluding hydrogens is 546 g/mol. The Labute approximate surface area is 250 Å². The van der Waals surface area contributed by atoms with Crippen molar-refractivity contribution in [2.24, 2.45) is 5.92 Å². The fraction of sp³-hybridized carbons (Fsp3) is 0.375. The number of piperidine rings is 1. The number of amides is 3. The van der Waals surface area contributed by atoms with E-state index < -0.39 is 5.69 Å². The van der Waals surface area contributed by atoms with Crippen LogP contribution in [-0.2, 0) is 23.1 Å². The molecule has 0 radical (unpaired) electrons. The number of benzene rings is 2. The monoisotopic (exact) mass is 585 g/mol. The molecule has 226 valence electrons. The number of aromatic nitrogens is 4. The topological polar surface area (TPSA) is 148 Å². The Morgan fingerprint density at radius 2 is 1.67 bits per heavy atom. The van der Waals surface area contributed by atoms with E-state index in [-0.39, 0.29) is 35.3 Å². The molecule has 1 saturated heterocycles. The van der Waals surface area contributed by atoms with Gasteiger partial charge in [-0.25, -0.2) is 14.3 Å². The number of hydrogen-bond acceptors (Lipinski definition) is 5. The van der Waals surface area contributed by atoms with Crippen molar-refractivity contribution >= 4 is 23.4 Å². The van der Waals surface area contributed by atoms with E-state index in [1.165, 1.54) is 0 Å². The molecule has 0 atom stereocenters. The quantitative estimate of drug-likeness (QED) is 0.210. The molecule has 5 N–H and O–H groups in total. The van der Waals surface area contributed by atoms with E-state index >= 15 is 0 Å². The van der Waals surface area contributed by atoms with Crippen LogP contribution in [-0.4, -0.2) is 54.8 Å². The first-order valence-electron chi connectivity index (χ1n) is 14.6. The van der Waals surface area contributed by atoms with Crippen LogP contribution in [0.3, 0.4) is 0 Å². The number of likely N-dealkylation sites (tertiary alicyclic amines) is 1. The highest BCUT2D eigenvalue weighted by Crippen LogP contribution is 2.27. The van der Waals surface area contributed by atoms with Crippen molar-refractivity contribution in [2.75, 3.05) is 23.7 Å². The van der Waals surface area contributed by atoms with Crippen LogP contribution in [0.25, 0.3) is 5.69 Å². The van der Waals surface area contributed by atoms with Gasteiger partial charge in [0.2, 0.25) is 11.8 Å². The summed E-state index contributed by atoms with van der Waals surface area (Å²) in [4.78, 5) is 43.4. The highest BCUT2D eigenvalue weighted by Gasteiger charge is 2.25. The largest absolute Gasteiger partial charge is 0.493 e. The predicted octanol–water partition coefficient (Wildman–Crippen LogP) is 4.87. The smallest absolute Gasteiger partial charge is 0.325 e. The average molecular weight is 586 g/mol. The lowest BCUT2D eigenvalue weighted by Gasteiger charge is -2.32. The van der Waals surface area contributed by atoms with Gasteiger partial charge in [0.25, 0.3) is 0 Å². The molecule has 2 aromatic carbocycles. The van der Waals surface area contributed by atoms with Crippen LogP contribution in [0.2, 0.25) is 0 Å². The second kappa shape index (κ2) is 12.2. The number of aryl methyl sites for hydroxylation is 1. The van der Waals surface area contributed by atoms with Crippen molar-refractivity contribution in [1.82, 2.24) is 24.6 Å². The summed E-state index contributed by atoms with van der Waals surface area (Å²) < 4.78 is 1.76. The van der Waals surface area contributed by atoms with Gasteiger partial charge < -0.3 is 20.3 Å². The summed E-state index contributed by atoms with van der Waals surface area (Å²) in [7, 11) is 0. The van der Waals surface area contributed by atoms with E-state index in [1.54, 1.807) is 9.58 Å². The molecule has 11 nitrogen and oxygen atoms in total. The Morgan fingerprint density at radius 3 is 2.28 bits per heavy atom. The molecule has 2 aromatic heterocycles. The molecule has 1 aliphatic rings. The zero-order chi connectivity index (χ0) is 30.7. The molecule has 1 aliphatic heterocycles. The van der Waals surface area contributed by atoms with E-state index in [0.717, 1.165) is 41.8 Å². The van der Waals surface area contributed by atoms with Crippen LogP contribution < -0.4 is 16.3 Å². The van der Waals surface area contributed by atoms with E-state index in [2.05, 4.69) is 41.4 Å². The molecule has 0 spiro atoms. The first-order valence-corrected chi connectivity index (χ1v) is 14.6. The molecule has 0 unspecified atom stereocenters. The maximum Gasteiger partial charge on any atom is 0.325 e. The molecule has 5 rings (SSSR count). The highest BCUT2D eigenvalue weighted by molar-refractivity contribution is 5.99. The second-order valence-electron chi connectivity index (χ2n) is 12.3. The lowest BCUT2D eigenvalue weighted by molar-refractivity contribution is -0.131. The van der Waals surface area contributed by atoms with Gasteiger partial charge in [-0.3, -0.25) is 15.1 Å². The summed E-state index contributed by atoms with van der Waals surface area (Å²) in [5.74, 6) is 0.623. The van der Waals surface area contributed by atoms with Crippen LogP contribution in [0.4, 0.5) is 16.3 Å². The Hall–Kier alpha value is -4.80. The van der Waals surface area contributed by atoms with Crippen molar-refractivity contribution in [3.05, 3.63) is 87.6 Å². The Balaban J connectivity index is 1.14. The number of aromatic amines is 2. The van der Waals surface area contributed by atoms with Crippen LogP contribution in [0.15, 0.2) is 59.4 Å². The van der Waals surface area contributed by atoms with Crippen molar-refractivity contribution in [3.8, 4) is 11.6 Å². The van der Waals surface area contributed by atoms with Gasteiger partial charge in [0.1, 0.15) is 5.82 Å². The van der Waals surface area contributed by atoms with Crippen molar-refractivity contribution in [1.29, 1.82) is 0 Å². The molecule has 3 heterocycles. The Bertz CT molecular complexity index is 1630. The third-order valence-electron chi connectivity index (χ3n) is 7.81. The molecule has 1 fully saturated rings. The fourth-order valence-corrected chi connectivity index (χ4v) is 5.24. The van der Waals surface area contributed by atoms with Gasteiger partial charge in [-0.05, 0) is 61.9 Å². The van der Waals surface area contributed by atoms with Crippen LogP contribution in [0, 0.1) is 12.8 Å². The summed E-state index contributed by atoms with van der Waals surface area (Å²) in [5.41, 5.74) is 4.24. The molecular formula is C32H39N7O4. The zero-order valence-corrected chi connectivity index (χ0v) is 25.0. The number of carbonyl (C=O) groups is 2. The lowest BCUT2D eigenvalue weighted by atomic mass is 9.90. The molecule has 0 saturated carbocycles. The number of hydrogen-bond donors (Lipinski definition) is 5. The molecule has 3 amide bonds. The summed E-state index contributed by atoms with van der Waals surface area (Å²) >= 11 is 0. The first kappa shape index (κ1) is 29.7. The summed E-state index contributed by atoms with van der Waals surface area (Å²) in [5, 5.41) is 20.4. The zero-order valence-electron chi connectivity index (χ0n) is 25.0. The van der Waals surface area contributed by atoms with Gasteiger partial charge in [0, 0.05) is 30.3 Å². The number of nitrogens with zero attached hydrogens (tertiary/aromatic N) is 3. The normalized spacial score (nSPS) is 14.1. The Kier molecular flexibility index (Phi) is 8.43. The fourth-order valence-electron chi connectivity index (χ4n) is 5.24. The van der Waals surface area contributed by atoms with Crippen LogP contribution in [0.1, 0.15) is 56.1 Å². The minimum Gasteiger partial charge on any atom is -0.493 e. The number of nitrogens with one attached hydrogen (secondary N) is 4.